The average molecular weight is 278 g/mol. The van der Waals surface area contributed by atoms with Gasteiger partial charge in [0, 0.05) is 18.8 Å². The van der Waals surface area contributed by atoms with Crippen LogP contribution in [0.25, 0.3) is 0 Å². The molecule has 20 heavy (non-hydrogen) atoms. The van der Waals surface area contributed by atoms with Crippen molar-refractivity contribution < 1.29 is 14.3 Å². The molecule has 2 rings (SSSR count). The maximum absolute atomic E-state index is 11.8. The van der Waals surface area contributed by atoms with Crippen molar-refractivity contribution in [2.45, 2.75) is 18.9 Å². The van der Waals surface area contributed by atoms with Crippen molar-refractivity contribution in [3.63, 3.8) is 0 Å². The number of ether oxygens (including phenoxy) is 2. The predicted molar refractivity (Wildman–Crippen MR) is 76.9 cm³/mol. The van der Waals surface area contributed by atoms with E-state index in [1.165, 1.54) is 7.11 Å². The van der Waals surface area contributed by atoms with Crippen LogP contribution in [0.2, 0.25) is 0 Å². The second-order valence-corrected chi connectivity index (χ2v) is 4.94. The minimum Gasteiger partial charge on any atom is -0.468 e. The zero-order valence-corrected chi connectivity index (χ0v) is 11.9. The van der Waals surface area contributed by atoms with Crippen LogP contribution in [0.15, 0.2) is 35.6 Å². The van der Waals surface area contributed by atoms with Gasteiger partial charge < -0.3 is 15.2 Å². The molecule has 0 radical (unpaired) electrons. The van der Waals surface area contributed by atoms with Crippen LogP contribution in [0.5, 0.6) is 0 Å². The summed E-state index contributed by atoms with van der Waals surface area (Å²) in [5.74, 6) is -0.255. The zero-order valence-electron chi connectivity index (χ0n) is 11.9. The Morgan fingerprint density at radius 1 is 1.55 bits per heavy atom. The first-order chi connectivity index (χ1) is 9.72. The van der Waals surface area contributed by atoms with Gasteiger partial charge in [0.05, 0.1) is 20.3 Å². The Balaban J connectivity index is 2.11. The van der Waals surface area contributed by atoms with Crippen LogP contribution < -0.4 is 5.73 Å². The van der Waals surface area contributed by atoms with E-state index < -0.39 is 0 Å². The number of esters is 1. The summed E-state index contributed by atoms with van der Waals surface area (Å²) >= 11 is 0. The lowest BCUT2D eigenvalue weighted by Crippen LogP contribution is -2.51. The summed E-state index contributed by atoms with van der Waals surface area (Å²) in [6.45, 7) is 2.34. The number of hydrogen-bond acceptors (Lipinski definition) is 5. The first-order valence-electron chi connectivity index (χ1n) is 6.93. The van der Waals surface area contributed by atoms with Gasteiger partial charge in [-0.3, -0.25) is 9.69 Å². The van der Waals surface area contributed by atoms with Gasteiger partial charge in [-0.05, 0) is 18.4 Å². The first kappa shape index (κ1) is 14.8. The third-order valence-corrected chi connectivity index (χ3v) is 3.59. The molecule has 0 aromatic carbocycles. The first-order valence-corrected chi connectivity index (χ1v) is 6.93. The third-order valence-electron chi connectivity index (χ3n) is 3.59. The minimum atomic E-state index is -0.350. The smallest absolute Gasteiger partial charge is 0.325 e. The van der Waals surface area contributed by atoms with Gasteiger partial charge in [0.15, 0.2) is 0 Å². The van der Waals surface area contributed by atoms with Crippen LogP contribution in [0.3, 0.4) is 0 Å². The largest absolute Gasteiger partial charge is 0.468 e. The molecule has 1 aliphatic carbocycles. The molecule has 0 spiro atoms. The van der Waals surface area contributed by atoms with E-state index in [1.54, 1.807) is 0 Å². The molecule has 0 aromatic heterocycles. The Morgan fingerprint density at radius 2 is 2.40 bits per heavy atom. The van der Waals surface area contributed by atoms with Gasteiger partial charge in [-0.25, -0.2) is 0 Å². The van der Waals surface area contributed by atoms with Crippen molar-refractivity contribution in [1.82, 2.24) is 4.90 Å². The summed E-state index contributed by atoms with van der Waals surface area (Å²) in [5, 5.41) is 0. The van der Waals surface area contributed by atoms with Crippen molar-refractivity contribution in [3.8, 4) is 0 Å². The van der Waals surface area contributed by atoms with Gasteiger partial charge in [-0.15, -0.1) is 0 Å². The summed E-state index contributed by atoms with van der Waals surface area (Å²) in [5.41, 5.74) is 7.94. The predicted octanol–water partition coefficient (Wildman–Crippen LogP) is 0.979. The molecule has 0 bridgehead atoms. The van der Waals surface area contributed by atoms with Crippen molar-refractivity contribution in [1.29, 1.82) is 0 Å². The monoisotopic (exact) mass is 278 g/mol. The van der Waals surface area contributed by atoms with Crippen molar-refractivity contribution in [2.75, 3.05) is 33.4 Å². The summed E-state index contributed by atoms with van der Waals surface area (Å²) in [4.78, 5) is 13.9. The molecule has 0 amide bonds. The van der Waals surface area contributed by atoms with E-state index in [1.807, 2.05) is 18.2 Å². The number of hydrogen-bond donors (Lipinski definition) is 1. The topological polar surface area (TPSA) is 64.8 Å². The Hall–Kier alpha value is -1.59. The molecule has 1 atom stereocenters. The molecule has 0 saturated carbocycles. The molecule has 110 valence electrons. The summed E-state index contributed by atoms with van der Waals surface area (Å²) < 4.78 is 10.2. The summed E-state index contributed by atoms with van der Waals surface area (Å²) in [6, 6.07) is -0.350. The fraction of sp³-hybridized carbons (Fsp3) is 0.533. The summed E-state index contributed by atoms with van der Waals surface area (Å²) in [6.07, 6.45) is 10.2. The number of carbonyl (C=O) groups is 1. The van der Waals surface area contributed by atoms with Crippen molar-refractivity contribution in [2.24, 2.45) is 5.73 Å². The van der Waals surface area contributed by atoms with Gasteiger partial charge in [0.2, 0.25) is 0 Å². The second kappa shape index (κ2) is 7.26. The highest BCUT2D eigenvalue weighted by Gasteiger charge is 2.30. The maximum Gasteiger partial charge on any atom is 0.325 e. The SMILES string of the molecule is COC(=O)C1COCCN1CC1=C/C=C\CC/C=C\1N. The minimum absolute atomic E-state index is 0.255. The standard InChI is InChI=1S/C15H22N2O3/c1-19-15(18)14-11-20-9-8-17(14)10-12-6-4-2-3-5-7-13(12)16/h2,4,6-7,14H,3,5,8-11,16H2,1H3/b4-2-,12-6-,13-7+. The fourth-order valence-corrected chi connectivity index (χ4v) is 2.39. The molecular weight excluding hydrogens is 256 g/mol. The van der Waals surface area contributed by atoms with E-state index >= 15 is 0 Å². The van der Waals surface area contributed by atoms with Crippen LogP contribution in [-0.4, -0.2) is 50.3 Å². The maximum atomic E-state index is 11.8. The molecule has 1 fully saturated rings. The van der Waals surface area contributed by atoms with E-state index in [9.17, 15) is 4.79 Å². The van der Waals surface area contributed by atoms with Crippen molar-refractivity contribution in [3.05, 3.63) is 35.6 Å². The number of morpholine rings is 1. The number of allylic oxidation sites excluding steroid dienone is 4. The number of rotatable bonds is 3. The highest BCUT2D eigenvalue weighted by Crippen LogP contribution is 2.16. The molecule has 1 saturated heterocycles. The number of nitrogens with zero attached hydrogens (tertiary/aromatic N) is 1. The molecule has 1 unspecified atom stereocenters. The lowest BCUT2D eigenvalue weighted by Gasteiger charge is -2.34. The van der Waals surface area contributed by atoms with E-state index in [-0.39, 0.29) is 12.0 Å². The normalized spacial score (nSPS) is 31.1. The van der Waals surface area contributed by atoms with Gasteiger partial charge in [-0.1, -0.05) is 24.3 Å². The van der Waals surface area contributed by atoms with Crippen LogP contribution >= 0.6 is 0 Å². The Labute approximate surface area is 119 Å². The lowest BCUT2D eigenvalue weighted by molar-refractivity contribution is -0.152. The lowest BCUT2D eigenvalue weighted by atomic mass is 10.1. The number of methoxy groups -OCH3 is 1. The molecular formula is C15H22N2O3. The van der Waals surface area contributed by atoms with Gasteiger partial charge in [0.1, 0.15) is 6.04 Å². The molecule has 2 N–H and O–H groups in total. The molecule has 5 heteroatoms. The van der Waals surface area contributed by atoms with Crippen LogP contribution in [0.1, 0.15) is 12.8 Å². The molecule has 2 aliphatic rings. The quantitative estimate of drug-likeness (QED) is 0.780. The fourth-order valence-electron chi connectivity index (χ4n) is 2.39. The van der Waals surface area contributed by atoms with E-state index in [4.69, 9.17) is 15.2 Å². The van der Waals surface area contributed by atoms with Crippen LogP contribution in [0.4, 0.5) is 0 Å². The van der Waals surface area contributed by atoms with E-state index in [2.05, 4.69) is 11.0 Å². The third kappa shape index (κ3) is 3.71. The van der Waals surface area contributed by atoms with E-state index in [0.717, 1.165) is 24.1 Å². The molecule has 1 heterocycles. The Morgan fingerprint density at radius 3 is 3.20 bits per heavy atom. The van der Waals surface area contributed by atoms with E-state index in [0.29, 0.717) is 26.3 Å². The zero-order chi connectivity index (χ0) is 14.4. The van der Waals surface area contributed by atoms with Gasteiger partial charge in [0.25, 0.3) is 0 Å². The number of nitrogens with two attached hydrogens (primary N) is 1. The Kier molecular flexibility index (Phi) is 5.38. The highest BCUT2D eigenvalue weighted by molar-refractivity contribution is 5.76. The number of carbonyl (C=O) groups excluding carboxylic acids is 1. The Bertz CT molecular complexity index is 440. The molecule has 1 aliphatic heterocycles. The second-order valence-electron chi connectivity index (χ2n) is 4.94. The average Bonchev–Trinajstić information content (AvgIpc) is 2.46. The highest BCUT2D eigenvalue weighted by atomic mass is 16.5. The van der Waals surface area contributed by atoms with Crippen LogP contribution in [0, 0.1) is 0 Å². The summed E-state index contributed by atoms with van der Waals surface area (Å²) in [7, 11) is 1.40. The van der Waals surface area contributed by atoms with Crippen LogP contribution in [-0.2, 0) is 14.3 Å². The molecule has 0 aromatic rings. The van der Waals surface area contributed by atoms with Crippen molar-refractivity contribution >= 4 is 5.97 Å². The molecule has 5 nitrogen and oxygen atoms in total. The van der Waals surface area contributed by atoms with Gasteiger partial charge >= 0.3 is 5.97 Å². The van der Waals surface area contributed by atoms with Gasteiger partial charge in [-0.2, -0.15) is 0 Å².